The van der Waals surface area contributed by atoms with E-state index in [0.717, 1.165) is 4.67 Å². The van der Waals surface area contributed by atoms with Gasteiger partial charge in [0.2, 0.25) is 0 Å². The number of alkyl halides is 2. The topological polar surface area (TPSA) is 20.3 Å². The van der Waals surface area contributed by atoms with Crippen LogP contribution in [0, 0.1) is 0 Å². The fourth-order valence-electron chi connectivity index (χ4n) is 0.540. The first-order chi connectivity index (χ1) is 5.02. The minimum Gasteiger partial charge on any atom is -0.271 e. The van der Waals surface area contributed by atoms with Crippen molar-refractivity contribution in [3.05, 3.63) is 0 Å². The van der Waals surface area contributed by atoms with Gasteiger partial charge in [-0.2, -0.15) is 0 Å². The minimum absolute atomic E-state index is 0.0446. The molecule has 0 aliphatic carbocycles. The van der Waals surface area contributed by atoms with Crippen molar-refractivity contribution in [2.75, 3.05) is 25.6 Å². The largest absolute Gasteiger partial charge is 0.322 e. The van der Waals surface area contributed by atoms with Gasteiger partial charge in [-0.25, -0.2) is 9.06 Å². The second-order valence-electron chi connectivity index (χ2n) is 1.77. The zero-order valence-electron chi connectivity index (χ0n) is 5.64. The van der Waals surface area contributed by atoms with Gasteiger partial charge >= 0.3 is 6.00 Å². The quantitative estimate of drug-likeness (QED) is 0.545. The highest BCUT2D eigenvalue weighted by Gasteiger charge is 2.23. The maximum Gasteiger partial charge on any atom is 0.322 e. The molecule has 0 heterocycles. The lowest BCUT2D eigenvalue weighted by atomic mass is 10.6. The maximum atomic E-state index is 11.8. The lowest BCUT2D eigenvalue weighted by molar-refractivity contribution is 0.377. The first-order valence-corrected chi connectivity index (χ1v) is 6.89. The molecule has 0 aromatic heterocycles. The SMILES string of the molecule is O=P(Cl)(Cl)N(CCF)CCCl. The van der Waals surface area contributed by atoms with Crippen LogP contribution in [-0.2, 0) is 4.57 Å². The van der Waals surface area contributed by atoms with Crippen LogP contribution in [-0.4, -0.2) is 30.3 Å². The Labute approximate surface area is 79.6 Å². The van der Waals surface area contributed by atoms with Crippen LogP contribution in [0.4, 0.5) is 4.39 Å². The Morgan fingerprint density at radius 1 is 1.36 bits per heavy atom. The molecule has 0 rings (SSSR count). The van der Waals surface area contributed by atoms with Gasteiger partial charge in [0.05, 0.1) is 0 Å². The maximum absolute atomic E-state index is 11.8. The number of halogens is 4. The standard InChI is InChI=1S/C4H8Cl3FNOP/c5-1-3-9(4-2-8)11(6,7)10/h1-4H2. The molecule has 0 unspecified atom stereocenters. The van der Waals surface area contributed by atoms with Crippen molar-refractivity contribution >= 4 is 40.1 Å². The summed E-state index contributed by atoms with van der Waals surface area (Å²) in [6, 6.07) is 0. The molecule has 0 saturated carbocycles. The van der Waals surface area contributed by atoms with E-state index in [-0.39, 0.29) is 19.0 Å². The third-order valence-corrected chi connectivity index (χ3v) is 3.52. The summed E-state index contributed by atoms with van der Waals surface area (Å²) < 4.78 is 23.8. The molecule has 0 N–H and O–H groups in total. The van der Waals surface area contributed by atoms with E-state index in [1.165, 1.54) is 0 Å². The highest BCUT2D eigenvalue weighted by molar-refractivity contribution is 8.06. The Morgan fingerprint density at radius 2 is 1.91 bits per heavy atom. The molecule has 0 aliphatic rings. The lowest BCUT2D eigenvalue weighted by Crippen LogP contribution is -2.21. The zero-order chi connectivity index (χ0) is 8.91. The number of nitrogens with zero attached hydrogens (tertiary/aromatic N) is 1. The van der Waals surface area contributed by atoms with Crippen molar-refractivity contribution < 1.29 is 8.96 Å². The third kappa shape index (κ3) is 5.26. The van der Waals surface area contributed by atoms with Gasteiger partial charge in [-0.15, -0.1) is 11.6 Å². The van der Waals surface area contributed by atoms with Crippen LogP contribution < -0.4 is 0 Å². The van der Waals surface area contributed by atoms with Gasteiger partial charge in [0.1, 0.15) is 6.67 Å². The molecule has 0 aliphatic heterocycles. The molecule has 0 fully saturated rings. The Hall–Kier alpha value is 0.990. The summed E-state index contributed by atoms with van der Waals surface area (Å²) in [7, 11) is 0. The second-order valence-corrected chi connectivity index (χ2v) is 6.85. The first kappa shape index (κ1) is 12.0. The molecule has 0 spiro atoms. The molecule has 0 radical (unpaired) electrons. The lowest BCUT2D eigenvalue weighted by Gasteiger charge is -2.19. The van der Waals surface area contributed by atoms with E-state index in [9.17, 15) is 8.96 Å². The van der Waals surface area contributed by atoms with Gasteiger partial charge in [-0.3, -0.25) is 4.57 Å². The van der Waals surface area contributed by atoms with Crippen molar-refractivity contribution in [3.63, 3.8) is 0 Å². The van der Waals surface area contributed by atoms with Crippen molar-refractivity contribution in [2.24, 2.45) is 0 Å². The van der Waals surface area contributed by atoms with E-state index >= 15 is 0 Å². The van der Waals surface area contributed by atoms with Crippen LogP contribution in [0.15, 0.2) is 0 Å². The molecular weight excluding hydrogens is 234 g/mol. The zero-order valence-corrected chi connectivity index (χ0v) is 8.81. The Kier molecular flexibility index (Phi) is 6.11. The predicted octanol–water partition coefficient (Wildman–Crippen LogP) is 3.08. The van der Waals surface area contributed by atoms with Crippen LogP contribution in [0.3, 0.4) is 0 Å². The van der Waals surface area contributed by atoms with Gasteiger partial charge < -0.3 is 0 Å². The number of rotatable bonds is 5. The predicted molar refractivity (Wildman–Crippen MR) is 47.6 cm³/mol. The first-order valence-electron chi connectivity index (χ1n) is 2.89. The molecule has 0 aromatic carbocycles. The average Bonchev–Trinajstić information content (AvgIpc) is 1.85. The number of hydrogen-bond acceptors (Lipinski definition) is 1. The van der Waals surface area contributed by atoms with Crippen LogP contribution in [0.1, 0.15) is 0 Å². The summed E-state index contributed by atoms with van der Waals surface area (Å²) in [5.41, 5.74) is 0. The summed E-state index contributed by atoms with van der Waals surface area (Å²) >= 11 is 15.9. The highest BCUT2D eigenvalue weighted by atomic mass is 35.9. The molecule has 0 atom stereocenters. The monoisotopic (exact) mass is 241 g/mol. The molecule has 0 aromatic rings. The summed E-state index contributed by atoms with van der Waals surface area (Å²) in [4.78, 5) is 0. The fraction of sp³-hybridized carbons (Fsp3) is 1.00. The van der Waals surface area contributed by atoms with Crippen molar-refractivity contribution in [2.45, 2.75) is 0 Å². The van der Waals surface area contributed by atoms with Crippen molar-refractivity contribution in [1.82, 2.24) is 4.67 Å². The summed E-state index contributed by atoms with van der Waals surface area (Å²) in [6.07, 6.45) is 0. The van der Waals surface area contributed by atoms with Crippen molar-refractivity contribution in [1.29, 1.82) is 0 Å². The minimum atomic E-state index is -3.36. The molecule has 68 valence electrons. The fourth-order valence-corrected chi connectivity index (χ4v) is 2.41. The van der Waals surface area contributed by atoms with Crippen LogP contribution in [0.5, 0.6) is 0 Å². The van der Waals surface area contributed by atoms with E-state index in [1.54, 1.807) is 0 Å². The highest BCUT2D eigenvalue weighted by Crippen LogP contribution is 2.59. The van der Waals surface area contributed by atoms with Crippen LogP contribution >= 0.6 is 40.1 Å². The molecule has 0 bridgehead atoms. The summed E-state index contributed by atoms with van der Waals surface area (Å²) in [6.45, 7) is -0.451. The molecule has 0 saturated heterocycles. The van der Waals surface area contributed by atoms with E-state index < -0.39 is 12.7 Å². The Balaban J connectivity index is 3.99. The van der Waals surface area contributed by atoms with Gasteiger partial charge in [-0.1, -0.05) is 0 Å². The van der Waals surface area contributed by atoms with Crippen LogP contribution in [0.2, 0.25) is 0 Å². The van der Waals surface area contributed by atoms with Gasteiger partial charge in [0, 0.05) is 19.0 Å². The second kappa shape index (κ2) is 5.60. The van der Waals surface area contributed by atoms with E-state index in [4.69, 9.17) is 34.1 Å². The van der Waals surface area contributed by atoms with E-state index in [0.29, 0.717) is 0 Å². The van der Waals surface area contributed by atoms with Gasteiger partial charge in [-0.05, 0) is 22.5 Å². The third-order valence-electron chi connectivity index (χ3n) is 1.01. The molecular formula is C4H8Cl3FNOP. The summed E-state index contributed by atoms with van der Waals surface area (Å²) in [5, 5.41) is 0. The van der Waals surface area contributed by atoms with E-state index in [1.807, 2.05) is 0 Å². The Bertz CT molecular complexity index is 146. The van der Waals surface area contributed by atoms with Crippen LogP contribution in [0.25, 0.3) is 0 Å². The van der Waals surface area contributed by atoms with E-state index in [2.05, 4.69) is 0 Å². The molecule has 2 nitrogen and oxygen atoms in total. The van der Waals surface area contributed by atoms with Gasteiger partial charge in [0.25, 0.3) is 0 Å². The molecule has 0 amide bonds. The van der Waals surface area contributed by atoms with Gasteiger partial charge in [0.15, 0.2) is 0 Å². The molecule has 7 heteroatoms. The molecule has 11 heavy (non-hydrogen) atoms. The normalized spacial score (nSPS) is 12.5. The smallest absolute Gasteiger partial charge is 0.271 e. The number of hydrogen-bond donors (Lipinski definition) is 0. The Morgan fingerprint density at radius 3 is 2.18 bits per heavy atom. The van der Waals surface area contributed by atoms with Crippen molar-refractivity contribution in [3.8, 4) is 0 Å². The summed E-state index contributed by atoms with van der Waals surface area (Å²) in [5.74, 6) is -3.13. The average molecular weight is 242 g/mol.